The van der Waals surface area contributed by atoms with Crippen LogP contribution >= 0.6 is 0 Å². The summed E-state index contributed by atoms with van der Waals surface area (Å²) in [6.07, 6.45) is 2.05. The minimum absolute atomic E-state index is 0.00535. The SMILES string of the molecule is Cc1cccc([N+](=O)[O-])c1NCC(=O)NC1CC1. The Morgan fingerprint density at radius 1 is 1.50 bits per heavy atom. The maximum atomic E-state index is 11.5. The summed E-state index contributed by atoms with van der Waals surface area (Å²) in [6, 6.07) is 5.12. The van der Waals surface area contributed by atoms with E-state index in [0.717, 1.165) is 18.4 Å². The molecule has 1 aromatic rings. The Morgan fingerprint density at radius 2 is 2.22 bits per heavy atom. The van der Waals surface area contributed by atoms with Crippen LogP contribution < -0.4 is 10.6 Å². The molecular weight excluding hydrogens is 234 g/mol. The molecule has 1 amide bonds. The van der Waals surface area contributed by atoms with Crippen molar-refractivity contribution < 1.29 is 9.72 Å². The summed E-state index contributed by atoms with van der Waals surface area (Å²) in [5.41, 5.74) is 1.16. The zero-order valence-corrected chi connectivity index (χ0v) is 10.1. The topological polar surface area (TPSA) is 84.3 Å². The summed E-state index contributed by atoms with van der Waals surface area (Å²) >= 11 is 0. The summed E-state index contributed by atoms with van der Waals surface area (Å²) in [6.45, 7) is 1.83. The maximum Gasteiger partial charge on any atom is 0.292 e. The highest BCUT2D eigenvalue weighted by Crippen LogP contribution is 2.27. The number of nitrogens with one attached hydrogen (secondary N) is 2. The van der Waals surface area contributed by atoms with Gasteiger partial charge in [0.2, 0.25) is 5.91 Å². The highest BCUT2D eigenvalue weighted by molar-refractivity contribution is 5.82. The average Bonchev–Trinajstić information content (AvgIpc) is 3.10. The number of hydrogen-bond donors (Lipinski definition) is 2. The molecule has 0 unspecified atom stereocenters. The molecule has 0 aliphatic heterocycles. The Kier molecular flexibility index (Phi) is 3.45. The fourth-order valence-electron chi connectivity index (χ4n) is 1.71. The molecule has 1 saturated carbocycles. The quantitative estimate of drug-likeness (QED) is 0.613. The molecule has 0 aromatic heterocycles. The molecule has 6 heteroatoms. The molecule has 1 aliphatic rings. The van der Waals surface area contributed by atoms with Crippen LogP contribution in [0.4, 0.5) is 11.4 Å². The number of anilines is 1. The summed E-state index contributed by atoms with van der Waals surface area (Å²) in [5, 5.41) is 16.5. The third kappa shape index (κ3) is 2.97. The van der Waals surface area contributed by atoms with Crippen LogP contribution in [0, 0.1) is 17.0 Å². The lowest BCUT2D eigenvalue weighted by Gasteiger charge is -2.09. The molecule has 1 aliphatic carbocycles. The summed E-state index contributed by atoms with van der Waals surface area (Å²) < 4.78 is 0. The van der Waals surface area contributed by atoms with E-state index in [4.69, 9.17) is 0 Å². The van der Waals surface area contributed by atoms with Gasteiger partial charge in [0, 0.05) is 12.1 Å². The fraction of sp³-hybridized carbons (Fsp3) is 0.417. The molecule has 2 rings (SSSR count). The molecule has 1 aromatic carbocycles. The number of aryl methyl sites for hydroxylation is 1. The first-order chi connectivity index (χ1) is 8.58. The third-order valence-electron chi connectivity index (χ3n) is 2.82. The molecular formula is C12H15N3O3. The molecule has 18 heavy (non-hydrogen) atoms. The Morgan fingerprint density at radius 3 is 2.83 bits per heavy atom. The van der Waals surface area contributed by atoms with Gasteiger partial charge in [-0.1, -0.05) is 12.1 Å². The van der Waals surface area contributed by atoms with Crippen molar-refractivity contribution in [3.63, 3.8) is 0 Å². The second kappa shape index (κ2) is 5.03. The van der Waals surface area contributed by atoms with Crippen LogP contribution in [0.1, 0.15) is 18.4 Å². The molecule has 96 valence electrons. The Labute approximate surface area is 105 Å². The van der Waals surface area contributed by atoms with Gasteiger partial charge in [0.1, 0.15) is 5.69 Å². The van der Waals surface area contributed by atoms with Crippen LogP contribution in [0.3, 0.4) is 0 Å². The predicted octanol–water partition coefficient (Wildman–Crippen LogP) is 1.59. The van der Waals surface area contributed by atoms with Gasteiger partial charge in [0.15, 0.2) is 0 Å². The van der Waals surface area contributed by atoms with Gasteiger partial charge >= 0.3 is 0 Å². The van der Waals surface area contributed by atoms with Crippen LogP contribution in [0.5, 0.6) is 0 Å². The van der Waals surface area contributed by atoms with E-state index in [-0.39, 0.29) is 18.1 Å². The van der Waals surface area contributed by atoms with Crippen molar-refractivity contribution in [3.05, 3.63) is 33.9 Å². The van der Waals surface area contributed by atoms with Gasteiger partial charge < -0.3 is 10.6 Å². The van der Waals surface area contributed by atoms with Crippen LogP contribution in [0.2, 0.25) is 0 Å². The summed E-state index contributed by atoms with van der Waals surface area (Å²) in [7, 11) is 0. The lowest BCUT2D eigenvalue weighted by molar-refractivity contribution is -0.384. The smallest absolute Gasteiger partial charge is 0.292 e. The predicted molar refractivity (Wildman–Crippen MR) is 67.5 cm³/mol. The number of rotatable bonds is 5. The van der Waals surface area contributed by atoms with Crippen LogP contribution in [0.25, 0.3) is 0 Å². The molecule has 0 bridgehead atoms. The minimum atomic E-state index is -0.450. The van der Waals surface area contributed by atoms with Crippen LogP contribution in [-0.4, -0.2) is 23.4 Å². The number of nitrogens with zero attached hydrogens (tertiary/aromatic N) is 1. The van der Waals surface area contributed by atoms with E-state index in [0.29, 0.717) is 11.7 Å². The number of nitro groups is 1. The Hall–Kier alpha value is -2.11. The number of benzene rings is 1. The zero-order valence-electron chi connectivity index (χ0n) is 10.1. The lowest BCUT2D eigenvalue weighted by atomic mass is 10.1. The lowest BCUT2D eigenvalue weighted by Crippen LogP contribution is -2.31. The normalized spacial score (nSPS) is 14.1. The first-order valence-corrected chi connectivity index (χ1v) is 5.85. The zero-order chi connectivity index (χ0) is 13.1. The Balaban J connectivity index is 2.03. The van der Waals surface area contributed by atoms with E-state index in [1.54, 1.807) is 19.1 Å². The second-order valence-electron chi connectivity index (χ2n) is 4.42. The molecule has 0 atom stereocenters. The van der Waals surface area contributed by atoms with E-state index in [1.165, 1.54) is 6.07 Å². The van der Waals surface area contributed by atoms with E-state index in [9.17, 15) is 14.9 Å². The van der Waals surface area contributed by atoms with Crippen molar-refractivity contribution >= 4 is 17.3 Å². The van der Waals surface area contributed by atoms with Gasteiger partial charge in [0.05, 0.1) is 11.5 Å². The highest BCUT2D eigenvalue weighted by atomic mass is 16.6. The summed E-state index contributed by atoms with van der Waals surface area (Å²) in [4.78, 5) is 21.9. The van der Waals surface area contributed by atoms with Gasteiger partial charge in [-0.05, 0) is 25.3 Å². The molecule has 1 fully saturated rings. The second-order valence-corrected chi connectivity index (χ2v) is 4.42. The fourth-order valence-corrected chi connectivity index (χ4v) is 1.71. The summed E-state index contributed by atoms with van der Waals surface area (Å²) in [5.74, 6) is -0.130. The number of carbonyl (C=O) groups is 1. The van der Waals surface area contributed by atoms with Gasteiger partial charge in [0.25, 0.3) is 5.69 Å². The highest BCUT2D eigenvalue weighted by Gasteiger charge is 2.23. The monoisotopic (exact) mass is 249 g/mol. The molecule has 6 nitrogen and oxygen atoms in total. The minimum Gasteiger partial charge on any atom is -0.370 e. The molecule has 2 N–H and O–H groups in total. The Bertz CT molecular complexity index is 483. The number of carbonyl (C=O) groups excluding carboxylic acids is 1. The first-order valence-electron chi connectivity index (χ1n) is 5.85. The number of amides is 1. The average molecular weight is 249 g/mol. The third-order valence-corrected chi connectivity index (χ3v) is 2.82. The maximum absolute atomic E-state index is 11.5. The van der Waals surface area contributed by atoms with Crippen molar-refractivity contribution in [2.24, 2.45) is 0 Å². The van der Waals surface area contributed by atoms with E-state index < -0.39 is 4.92 Å². The van der Waals surface area contributed by atoms with Gasteiger partial charge in [-0.2, -0.15) is 0 Å². The van der Waals surface area contributed by atoms with E-state index in [1.807, 2.05) is 0 Å². The van der Waals surface area contributed by atoms with Crippen molar-refractivity contribution in [2.45, 2.75) is 25.8 Å². The van der Waals surface area contributed by atoms with Crippen molar-refractivity contribution in [1.82, 2.24) is 5.32 Å². The molecule has 0 heterocycles. The van der Waals surface area contributed by atoms with Crippen LogP contribution in [-0.2, 0) is 4.79 Å². The van der Waals surface area contributed by atoms with E-state index in [2.05, 4.69) is 10.6 Å². The molecule has 0 spiro atoms. The number of nitro benzene ring substituents is 1. The van der Waals surface area contributed by atoms with Gasteiger partial charge in [-0.25, -0.2) is 0 Å². The van der Waals surface area contributed by atoms with Crippen molar-refractivity contribution in [2.75, 3.05) is 11.9 Å². The first kappa shape index (κ1) is 12.3. The van der Waals surface area contributed by atoms with E-state index >= 15 is 0 Å². The van der Waals surface area contributed by atoms with Gasteiger partial charge in [-0.15, -0.1) is 0 Å². The van der Waals surface area contributed by atoms with Crippen LogP contribution in [0.15, 0.2) is 18.2 Å². The van der Waals surface area contributed by atoms with Gasteiger partial charge in [-0.3, -0.25) is 14.9 Å². The number of para-hydroxylation sites is 1. The van der Waals surface area contributed by atoms with Crippen molar-refractivity contribution in [1.29, 1.82) is 0 Å². The number of hydrogen-bond acceptors (Lipinski definition) is 4. The van der Waals surface area contributed by atoms with Crippen molar-refractivity contribution in [3.8, 4) is 0 Å². The largest absolute Gasteiger partial charge is 0.370 e. The molecule has 0 saturated heterocycles. The molecule has 0 radical (unpaired) electrons. The standard InChI is InChI=1S/C12H15N3O3/c1-8-3-2-4-10(15(17)18)12(8)13-7-11(16)14-9-5-6-9/h2-4,9,13H,5-7H2,1H3,(H,14,16).